The Morgan fingerprint density at radius 3 is 2.54 bits per heavy atom. The summed E-state index contributed by atoms with van der Waals surface area (Å²) in [5.41, 5.74) is 2.91. The number of nitrogens with one attached hydrogen (secondary N) is 1. The highest BCUT2D eigenvalue weighted by atomic mass is 79.9. The summed E-state index contributed by atoms with van der Waals surface area (Å²) in [5, 5.41) is 2.93. The Labute approximate surface area is 160 Å². The van der Waals surface area contributed by atoms with Crippen LogP contribution in [0.4, 0.5) is 0 Å². The van der Waals surface area contributed by atoms with E-state index in [2.05, 4.69) is 21.2 Å². The maximum atomic E-state index is 12.4. The van der Waals surface area contributed by atoms with Crippen molar-refractivity contribution in [1.82, 2.24) is 10.2 Å². The van der Waals surface area contributed by atoms with E-state index in [1.807, 2.05) is 38.1 Å². The van der Waals surface area contributed by atoms with Gasteiger partial charge >= 0.3 is 0 Å². The number of hydrogen-bond donors (Lipinski definition) is 1. The van der Waals surface area contributed by atoms with Crippen LogP contribution in [0.1, 0.15) is 51.2 Å². The average Bonchev–Trinajstić information content (AvgIpc) is 2.83. The van der Waals surface area contributed by atoms with Gasteiger partial charge in [-0.3, -0.25) is 19.3 Å². The minimum Gasteiger partial charge on any atom is -0.350 e. The molecule has 2 aromatic rings. The molecule has 0 bridgehead atoms. The summed E-state index contributed by atoms with van der Waals surface area (Å²) in [4.78, 5) is 38.2. The SMILES string of the molecule is Cc1ccccc1C(C)NC(=O)CCN1C(=O)c2ccc(Br)cc2C1=O. The molecule has 1 aliphatic rings. The van der Waals surface area contributed by atoms with Gasteiger partial charge in [0.2, 0.25) is 5.91 Å². The van der Waals surface area contributed by atoms with E-state index in [-0.39, 0.29) is 36.7 Å². The second-order valence-corrected chi connectivity index (χ2v) is 7.26. The molecule has 1 aliphatic heterocycles. The maximum Gasteiger partial charge on any atom is 0.261 e. The predicted octanol–water partition coefficient (Wildman–Crippen LogP) is 3.62. The van der Waals surface area contributed by atoms with Gasteiger partial charge in [-0.2, -0.15) is 0 Å². The monoisotopic (exact) mass is 414 g/mol. The van der Waals surface area contributed by atoms with Crippen LogP contribution in [0.3, 0.4) is 0 Å². The van der Waals surface area contributed by atoms with Gasteiger partial charge in [0.1, 0.15) is 0 Å². The van der Waals surface area contributed by atoms with Crippen LogP contribution < -0.4 is 5.32 Å². The van der Waals surface area contributed by atoms with Gasteiger partial charge in [-0.1, -0.05) is 40.2 Å². The molecule has 0 saturated heterocycles. The van der Waals surface area contributed by atoms with Crippen LogP contribution in [0.15, 0.2) is 46.9 Å². The average molecular weight is 415 g/mol. The van der Waals surface area contributed by atoms with E-state index in [4.69, 9.17) is 0 Å². The first-order chi connectivity index (χ1) is 12.4. The van der Waals surface area contributed by atoms with Crippen LogP contribution >= 0.6 is 15.9 Å². The highest BCUT2D eigenvalue weighted by molar-refractivity contribution is 9.10. The first-order valence-electron chi connectivity index (χ1n) is 8.39. The molecule has 0 radical (unpaired) electrons. The molecule has 1 N–H and O–H groups in total. The van der Waals surface area contributed by atoms with Gasteiger partial charge in [-0.05, 0) is 43.2 Å². The van der Waals surface area contributed by atoms with Gasteiger partial charge in [0.25, 0.3) is 11.8 Å². The molecule has 5 nitrogen and oxygen atoms in total. The summed E-state index contributed by atoms with van der Waals surface area (Å²) in [6.45, 7) is 3.98. The molecule has 0 aromatic heterocycles. The van der Waals surface area contributed by atoms with Gasteiger partial charge in [0.15, 0.2) is 0 Å². The molecule has 0 spiro atoms. The zero-order chi connectivity index (χ0) is 18.8. The van der Waals surface area contributed by atoms with Gasteiger partial charge in [0, 0.05) is 17.4 Å². The summed E-state index contributed by atoms with van der Waals surface area (Å²) in [7, 11) is 0. The highest BCUT2D eigenvalue weighted by Crippen LogP contribution is 2.26. The van der Waals surface area contributed by atoms with Crippen LogP contribution in [0.2, 0.25) is 0 Å². The third-order valence-electron chi connectivity index (χ3n) is 4.53. The molecule has 0 saturated carbocycles. The number of nitrogens with zero attached hydrogens (tertiary/aromatic N) is 1. The molecule has 26 heavy (non-hydrogen) atoms. The summed E-state index contributed by atoms with van der Waals surface area (Å²) in [5.74, 6) is -0.901. The first kappa shape index (κ1) is 18.3. The van der Waals surface area contributed by atoms with Gasteiger partial charge in [0.05, 0.1) is 17.2 Å². The van der Waals surface area contributed by atoms with E-state index >= 15 is 0 Å². The summed E-state index contributed by atoms with van der Waals surface area (Å²) < 4.78 is 0.740. The fraction of sp³-hybridized carbons (Fsp3) is 0.250. The van der Waals surface area contributed by atoms with Crippen LogP contribution in [0.25, 0.3) is 0 Å². The Morgan fingerprint density at radius 2 is 1.81 bits per heavy atom. The Bertz CT molecular complexity index is 894. The fourth-order valence-electron chi connectivity index (χ4n) is 3.14. The highest BCUT2D eigenvalue weighted by Gasteiger charge is 2.35. The molecule has 3 rings (SSSR count). The second kappa shape index (κ2) is 7.41. The number of benzene rings is 2. The molecule has 134 valence electrons. The molecular formula is C20H19BrN2O3. The molecular weight excluding hydrogens is 396 g/mol. The van der Waals surface area contributed by atoms with E-state index < -0.39 is 0 Å². The van der Waals surface area contributed by atoms with Crippen molar-refractivity contribution >= 4 is 33.7 Å². The van der Waals surface area contributed by atoms with E-state index in [9.17, 15) is 14.4 Å². The topological polar surface area (TPSA) is 66.5 Å². The van der Waals surface area contributed by atoms with E-state index in [1.54, 1.807) is 18.2 Å². The number of rotatable bonds is 5. The van der Waals surface area contributed by atoms with Crippen molar-refractivity contribution in [2.75, 3.05) is 6.54 Å². The van der Waals surface area contributed by atoms with Crippen LogP contribution in [-0.2, 0) is 4.79 Å². The van der Waals surface area contributed by atoms with E-state index in [0.717, 1.165) is 20.5 Å². The van der Waals surface area contributed by atoms with E-state index in [0.29, 0.717) is 11.1 Å². The molecule has 3 amide bonds. The molecule has 2 aromatic carbocycles. The second-order valence-electron chi connectivity index (χ2n) is 6.35. The number of carbonyl (C=O) groups is 3. The normalized spacial score (nSPS) is 14.3. The molecule has 0 aliphatic carbocycles. The molecule has 1 unspecified atom stereocenters. The number of halogens is 1. The zero-order valence-electron chi connectivity index (χ0n) is 14.6. The number of carbonyl (C=O) groups excluding carboxylic acids is 3. The lowest BCUT2D eigenvalue weighted by Gasteiger charge is -2.18. The van der Waals surface area contributed by atoms with Crippen molar-refractivity contribution in [1.29, 1.82) is 0 Å². The van der Waals surface area contributed by atoms with Gasteiger partial charge < -0.3 is 5.32 Å². The minimum atomic E-state index is -0.356. The number of amides is 3. The zero-order valence-corrected chi connectivity index (χ0v) is 16.2. The molecule has 1 atom stereocenters. The van der Waals surface area contributed by atoms with Crippen LogP contribution in [0, 0.1) is 6.92 Å². The first-order valence-corrected chi connectivity index (χ1v) is 9.18. The Hall–Kier alpha value is -2.47. The number of fused-ring (bicyclic) bond motifs is 1. The third kappa shape index (κ3) is 3.55. The summed E-state index contributed by atoms with van der Waals surface area (Å²) >= 11 is 3.30. The Balaban J connectivity index is 1.61. The van der Waals surface area contributed by atoms with Crippen molar-refractivity contribution in [3.63, 3.8) is 0 Å². The Morgan fingerprint density at radius 1 is 1.12 bits per heavy atom. The number of hydrogen-bond acceptors (Lipinski definition) is 3. The largest absolute Gasteiger partial charge is 0.350 e. The van der Waals surface area contributed by atoms with E-state index in [1.165, 1.54) is 0 Å². The minimum absolute atomic E-state index is 0.0658. The predicted molar refractivity (Wildman–Crippen MR) is 102 cm³/mol. The lowest BCUT2D eigenvalue weighted by atomic mass is 10.0. The summed E-state index contributed by atoms with van der Waals surface area (Å²) in [6, 6.07) is 12.7. The molecule has 0 fully saturated rings. The quantitative estimate of drug-likeness (QED) is 0.759. The van der Waals surface area contributed by atoms with Crippen LogP contribution in [-0.4, -0.2) is 29.2 Å². The van der Waals surface area contributed by atoms with Crippen molar-refractivity contribution in [3.05, 3.63) is 69.2 Å². The van der Waals surface area contributed by atoms with Crippen molar-refractivity contribution < 1.29 is 14.4 Å². The van der Waals surface area contributed by atoms with Crippen molar-refractivity contribution in [3.8, 4) is 0 Å². The standard InChI is InChI=1S/C20H19BrN2O3/c1-12-5-3-4-6-15(12)13(2)22-18(24)9-10-23-19(25)16-8-7-14(21)11-17(16)20(23)26/h3-8,11,13H,9-10H2,1-2H3,(H,22,24). The lowest BCUT2D eigenvalue weighted by molar-refractivity contribution is -0.121. The van der Waals surface area contributed by atoms with Crippen molar-refractivity contribution in [2.24, 2.45) is 0 Å². The van der Waals surface area contributed by atoms with Crippen molar-refractivity contribution in [2.45, 2.75) is 26.3 Å². The smallest absolute Gasteiger partial charge is 0.261 e. The molecule has 6 heteroatoms. The van der Waals surface area contributed by atoms with Crippen LogP contribution in [0.5, 0.6) is 0 Å². The third-order valence-corrected chi connectivity index (χ3v) is 5.02. The van der Waals surface area contributed by atoms with Gasteiger partial charge in [-0.25, -0.2) is 0 Å². The lowest BCUT2D eigenvalue weighted by Crippen LogP contribution is -2.35. The number of imide groups is 1. The fourth-order valence-corrected chi connectivity index (χ4v) is 3.50. The Kier molecular flexibility index (Phi) is 5.23. The summed E-state index contributed by atoms with van der Waals surface area (Å²) in [6.07, 6.45) is 0.0723. The number of aryl methyl sites for hydroxylation is 1. The molecule has 1 heterocycles. The van der Waals surface area contributed by atoms with Gasteiger partial charge in [-0.15, -0.1) is 0 Å². The maximum absolute atomic E-state index is 12.4.